The first kappa shape index (κ1) is 40.1. The molecular formula is C48H62N10O3. The van der Waals surface area contributed by atoms with E-state index >= 15 is 0 Å². The van der Waals surface area contributed by atoms with Gasteiger partial charge in [0.2, 0.25) is 5.91 Å². The third-order valence-electron chi connectivity index (χ3n) is 15.4. The summed E-state index contributed by atoms with van der Waals surface area (Å²) < 4.78 is 9.77. The van der Waals surface area contributed by atoms with E-state index in [9.17, 15) is 9.59 Å². The van der Waals surface area contributed by atoms with Crippen molar-refractivity contribution >= 4 is 45.3 Å². The number of carbonyl (C=O) groups is 2. The fraction of sp³-hybridized carbons (Fsp3) is 0.562. The molecule has 0 radical (unpaired) electrons. The van der Waals surface area contributed by atoms with Crippen molar-refractivity contribution in [3.05, 3.63) is 60.6 Å². The highest BCUT2D eigenvalue weighted by Gasteiger charge is 2.50. The van der Waals surface area contributed by atoms with Crippen LogP contribution in [-0.4, -0.2) is 98.3 Å². The van der Waals surface area contributed by atoms with Gasteiger partial charge in [-0.1, -0.05) is 24.3 Å². The van der Waals surface area contributed by atoms with Crippen LogP contribution in [0.25, 0.3) is 33.2 Å². The summed E-state index contributed by atoms with van der Waals surface area (Å²) in [5.74, 6) is 3.87. The van der Waals surface area contributed by atoms with Gasteiger partial charge < -0.3 is 25.7 Å². The van der Waals surface area contributed by atoms with Crippen LogP contribution in [-0.2, 0) is 11.8 Å². The van der Waals surface area contributed by atoms with Crippen LogP contribution in [0.4, 0.5) is 11.5 Å². The van der Waals surface area contributed by atoms with Crippen LogP contribution in [0.5, 0.6) is 5.75 Å². The lowest BCUT2D eigenvalue weighted by molar-refractivity contribution is -0.121. The summed E-state index contributed by atoms with van der Waals surface area (Å²) in [6, 6.07) is 16.3. The second kappa shape index (κ2) is 16.7. The van der Waals surface area contributed by atoms with Gasteiger partial charge in [-0.05, 0) is 124 Å². The second-order valence-electron chi connectivity index (χ2n) is 19.2. The lowest BCUT2D eigenvalue weighted by atomic mass is 9.48. The van der Waals surface area contributed by atoms with Gasteiger partial charge in [0.1, 0.15) is 29.3 Å². The third-order valence-corrected chi connectivity index (χ3v) is 15.4. The molecule has 5 aliphatic carbocycles. The Balaban J connectivity index is 0.714. The number of methoxy groups -OCH3 is 1. The Kier molecular flexibility index (Phi) is 11.0. The number of hydrogen-bond acceptors (Lipinski definition) is 9. The summed E-state index contributed by atoms with van der Waals surface area (Å²) in [5, 5.41) is 13.2. The van der Waals surface area contributed by atoms with Crippen LogP contribution in [0, 0.1) is 23.2 Å². The Morgan fingerprint density at radius 2 is 1.62 bits per heavy atom. The lowest BCUT2D eigenvalue weighted by Gasteiger charge is -2.57. The maximum absolute atomic E-state index is 13.5. The van der Waals surface area contributed by atoms with Crippen LogP contribution in [0.3, 0.4) is 0 Å². The topological polar surface area (TPSA) is 148 Å². The van der Waals surface area contributed by atoms with Crippen molar-refractivity contribution in [1.29, 1.82) is 0 Å². The Morgan fingerprint density at radius 3 is 2.34 bits per heavy atom. The number of carbonyl (C=O) groups excluding carboxylic acids is 2. The van der Waals surface area contributed by atoms with Crippen LogP contribution in [0.1, 0.15) is 100 Å². The normalized spacial score (nSPS) is 26.6. The molecule has 6 fully saturated rings. The average Bonchev–Trinajstić information content (AvgIpc) is 3.82. The minimum absolute atomic E-state index is 0.195. The molecule has 13 nitrogen and oxygen atoms in total. The van der Waals surface area contributed by atoms with E-state index < -0.39 is 0 Å². The first-order chi connectivity index (χ1) is 29.7. The molecule has 1 aliphatic heterocycles. The van der Waals surface area contributed by atoms with E-state index in [0.29, 0.717) is 46.5 Å². The Bertz CT molecular complexity index is 2370. The zero-order valence-electron chi connectivity index (χ0n) is 36.0. The quantitative estimate of drug-likeness (QED) is 0.110. The minimum Gasteiger partial charge on any atom is -0.495 e. The number of ether oxygens (including phenoxy) is 1. The summed E-state index contributed by atoms with van der Waals surface area (Å²) in [7, 11) is 3.49. The fourth-order valence-corrected chi connectivity index (χ4v) is 12.8. The maximum atomic E-state index is 13.5. The third kappa shape index (κ3) is 7.99. The van der Waals surface area contributed by atoms with Gasteiger partial charge in [0, 0.05) is 75.2 Å². The molecule has 5 saturated carbocycles. The minimum atomic E-state index is -0.220. The first-order valence-corrected chi connectivity index (χ1v) is 23.0. The Morgan fingerprint density at radius 1 is 0.902 bits per heavy atom. The molecule has 4 bridgehead atoms. The van der Waals surface area contributed by atoms with Crippen LogP contribution < -0.4 is 21.1 Å². The molecule has 2 aromatic carbocycles. The first-order valence-electron chi connectivity index (χ1n) is 23.0. The maximum Gasteiger partial charge on any atom is 0.272 e. The van der Waals surface area contributed by atoms with E-state index in [1.54, 1.807) is 7.11 Å². The molecule has 3 aromatic heterocycles. The van der Waals surface area contributed by atoms with Crippen molar-refractivity contribution in [2.75, 3.05) is 57.4 Å². The van der Waals surface area contributed by atoms with Gasteiger partial charge in [-0.2, -0.15) is 5.10 Å². The lowest BCUT2D eigenvalue weighted by Crippen LogP contribution is -2.52. The number of amides is 2. The molecule has 0 unspecified atom stereocenters. The number of aromatic nitrogens is 5. The van der Waals surface area contributed by atoms with Gasteiger partial charge in [0.05, 0.1) is 24.2 Å². The highest BCUT2D eigenvalue weighted by molar-refractivity contribution is 6.07. The molecule has 4 heterocycles. The standard InChI is InChI=1S/C48H62N10O3/c1-55-39-7-4-3-6-34(39)25-40(55)47(60)53-38-14-9-35(26-41(38)61-2)44-43-45(49)51-30-52-46(43)58(54-44)37-12-10-36(11-13-37)57-20-18-56(19-21-57)17-16-50-42(59)8-5-15-48-27-31-22-32(28-48)24-33(23-31)29-48/h3-4,6-7,9,14,25-26,30-33,36-37H,5,8,10-13,15-24,27-29H2,1-2H3,(H,50,59)(H,53,60)(H2,49,51,52). The Hall–Kier alpha value is -5.01. The summed E-state index contributed by atoms with van der Waals surface area (Å²) >= 11 is 0. The van der Waals surface area contributed by atoms with Crippen LogP contribution in [0.15, 0.2) is 54.9 Å². The number of aryl methyl sites for hydroxylation is 1. The van der Waals surface area contributed by atoms with Crippen LogP contribution >= 0.6 is 0 Å². The molecule has 322 valence electrons. The van der Waals surface area contributed by atoms with Crippen molar-refractivity contribution < 1.29 is 14.3 Å². The highest BCUT2D eigenvalue weighted by atomic mass is 16.5. The fourth-order valence-electron chi connectivity index (χ4n) is 12.8. The van der Waals surface area contributed by atoms with Crippen LogP contribution in [0.2, 0.25) is 0 Å². The monoisotopic (exact) mass is 827 g/mol. The number of rotatable bonds is 13. The number of nitrogens with two attached hydrogens (primary N) is 1. The van der Waals surface area contributed by atoms with E-state index in [1.807, 2.05) is 60.1 Å². The van der Waals surface area contributed by atoms with E-state index in [-0.39, 0.29) is 17.9 Å². The number of hydrogen-bond donors (Lipinski definition) is 3. The SMILES string of the molecule is COc1cc(-c2nn(C3CCC(N4CCN(CCNC(=O)CCCC56CC7CC(CC(C7)C5)C6)CC4)CC3)c3ncnc(N)c23)ccc1NC(=O)c1cc2ccccc2n1C. The molecule has 4 N–H and O–H groups in total. The number of para-hydroxylation sites is 1. The van der Waals surface area contributed by atoms with Gasteiger partial charge in [-0.15, -0.1) is 0 Å². The zero-order valence-corrected chi connectivity index (χ0v) is 36.0. The summed E-state index contributed by atoms with van der Waals surface area (Å²) in [6.07, 6.45) is 17.5. The van der Waals surface area contributed by atoms with Crippen molar-refractivity contribution in [1.82, 2.24) is 39.4 Å². The second-order valence-corrected chi connectivity index (χ2v) is 19.2. The Labute approximate surface area is 358 Å². The predicted octanol–water partition coefficient (Wildman–Crippen LogP) is 7.43. The molecule has 1 saturated heterocycles. The summed E-state index contributed by atoms with van der Waals surface area (Å²) in [5.41, 5.74) is 11.5. The van der Waals surface area contributed by atoms with Gasteiger partial charge in [-0.3, -0.25) is 19.4 Å². The summed E-state index contributed by atoms with van der Waals surface area (Å²) in [6.45, 7) is 5.88. The molecule has 6 aliphatic rings. The number of nitrogens with one attached hydrogen (secondary N) is 2. The number of benzene rings is 2. The molecule has 0 spiro atoms. The van der Waals surface area contributed by atoms with Gasteiger partial charge in [0.15, 0.2) is 5.65 Å². The highest BCUT2D eigenvalue weighted by Crippen LogP contribution is 2.61. The molecular weight excluding hydrogens is 765 g/mol. The molecule has 13 heteroatoms. The van der Waals surface area contributed by atoms with E-state index in [1.165, 1.54) is 51.3 Å². The van der Waals surface area contributed by atoms with Gasteiger partial charge in [0.25, 0.3) is 5.91 Å². The zero-order chi connectivity index (χ0) is 41.7. The van der Waals surface area contributed by atoms with E-state index in [0.717, 1.165) is 117 Å². The predicted molar refractivity (Wildman–Crippen MR) is 239 cm³/mol. The smallest absolute Gasteiger partial charge is 0.272 e. The largest absolute Gasteiger partial charge is 0.495 e. The van der Waals surface area contributed by atoms with E-state index in [2.05, 4.69) is 30.1 Å². The van der Waals surface area contributed by atoms with Crippen molar-refractivity contribution in [3.63, 3.8) is 0 Å². The number of nitrogens with zero attached hydrogens (tertiary/aromatic N) is 7. The molecule has 0 atom stereocenters. The number of fused-ring (bicyclic) bond motifs is 2. The van der Waals surface area contributed by atoms with Crippen molar-refractivity contribution in [2.24, 2.45) is 30.2 Å². The number of piperazine rings is 1. The molecule has 61 heavy (non-hydrogen) atoms. The number of anilines is 2. The molecule has 2 amide bonds. The number of nitrogen functional groups attached to an aromatic ring is 1. The summed E-state index contributed by atoms with van der Waals surface area (Å²) in [4.78, 5) is 40.5. The van der Waals surface area contributed by atoms with Crippen molar-refractivity contribution in [3.8, 4) is 17.0 Å². The molecule has 11 rings (SSSR count). The van der Waals surface area contributed by atoms with E-state index in [4.69, 9.17) is 20.6 Å². The van der Waals surface area contributed by atoms with Gasteiger partial charge >= 0.3 is 0 Å². The molecule has 5 aromatic rings. The average molecular weight is 827 g/mol. The van der Waals surface area contributed by atoms with Crippen molar-refractivity contribution in [2.45, 2.75) is 95.6 Å². The van der Waals surface area contributed by atoms with Gasteiger partial charge in [-0.25, -0.2) is 14.6 Å².